The van der Waals surface area contributed by atoms with E-state index in [4.69, 9.17) is 9.15 Å². The molecule has 1 N–H and O–H groups in total. The van der Waals surface area contributed by atoms with Gasteiger partial charge in [-0.25, -0.2) is 4.39 Å². The molecule has 0 amide bonds. The molecule has 1 aliphatic heterocycles. The molecule has 1 aliphatic rings. The van der Waals surface area contributed by atoms with E-state index in [1.165, 1.54) is 0 Å². The van der Waals surface area contributed by atoms with Crippen molar-refractivity contribution in [2.75, 3.05) is 18.0 Å². The van der Waals surface area contributed by atoms with Crippen LogP contribution in [0.1, 0.15) is 25.2 Å². The van der Waals surface area contributed by atoms with Crippen molar-refractivity contribution in [3.63, 3.8) is 0 Å². The first-order chi connectivity index (χ1) is 11.1. The highest BCUT2D eigenvalue weighted by Crippen LogP contribution is 2.25. The highest BCUT2D eigenvalue weighted by Gasteiger charge is 2.24. The van der Waals surface area contributed by atoms with Crippen LogP contribution in [0.2, 0.25) is 0 Å². The summed E-state index contributed by atoms with van der Waals surface area (Å²) < 4.78 is 25.3. The topological polar surface area (TPSA) is 37.6 Å². The number of nitrogens with zero attached hydrogens (tertiary/aromatic N) is 1. The zero-order valence-corrected chi connectivity index (χ0v) is 13.6. The zero-order valence-electron chi connectivity index (χ0n) is 13.6. The second-order valence-electron chi connectivity index (χ2n) is 6.13. The van der Waals surface area contributed by atoms with Gasteiger partial charge in [-0.1, -0.05) is 6.07 Å². The standard InChI is InChI=1S/C18H23FN2O2/c1-13-11-21(12-14(2)23-13)18-8-15(5-6-17(18)19)9-20-10-16-4-3-7-22-16/h3-8,13-14,20H,9-12H2,1-2H3. The quantitative estimate of drug-likeness (QED) is 0.918. The first-order valence-corrected chi connectivity index (χ1v) is 8.04. The molecule has 0 bridgehead atoms. The molecule has 0 spiro atoms. The lowest BCUT2D eigenvalue weighted by molar-refractivity contribution is -0.00539. The minimum Gasteiger partial charge on any atom is -0.468 e. The second-order valence-corrected chi connectivity index (χ2v) is 6.13. The molecule has 4 nitrogen and oxygen atoms in total. The molecular weight excluding hydrogens is 295 g/mol. The van der Waals surface area contributed by atoms with Gasteiger partial charge >= 0.3 is 0 Å². The van der Waals surface area contributed by atoms with Gasteiger partial charge in [0.2, 0.25) is 0 Å². The number of nitrogens with one attached hydrogen (secondary N) is 1. The van der Waals surface area contributed by atoms with Gasteiger partial charge in [0.15, 0.2) is 0 Å². The van der Waals surface area contributed by atoms with Gasteiger partial charge in [0.1, 0.15) is 11.6 Å². The molecule has 2 heterocycles. The van der Waals surface area contributed by atoms with E-state index in [0.717, 1.165) is 11.3 Å². The van der Waals surface area contributed by atoms with Gasteiger partial charge in [-0.3, -0.25) is 0 Å². The highest BCUT2D eigenvalue weighted by atomic mass is 19.1. The molecule has 2 atom stereocenters. The van der Waals surface area contributed by atoms with Crippen LogP contribution in [-0.2, 0) is 17.8 Å². The number of halogens is 1. The van der Waals surface area contributed by atoms with E-state index in [-0.39, 0.29) is 18.0 Å². The van der Waals surface area contributed by atoms with Crippen molar-refractivity contribution < 1.29 is 13.5 Å². The third-order valence-corrected chi connectivity index (χ3v) is 3.98. The Morgan fingerprint density at radius 1 is 1.17 bits per heavy atom. The fourth-order valence-corrected chi connectivity index (χ4v) is 3.03. The number of morpholine rings is 1. The predicted molar refractivity (Wildman–Crippen MR) is 87.9 cm³/mol. The molecule has 0 radical (unpaired) electrons. The molecule has 3 rings (SSSR count). The average molecular weight is 318 g/mol. The van der Waals surface area contributed by atoms with Gasteiger partial charge in [0.05, 0.1) is 30.7 Å². The summed E-state index contributed by atoms with van der Waals surface area (Å²) in [5.74, 6) is 0.712. The Kier molecular flexibility index (Phi) is 4.98. The van der Waals surface area contributed by atoms with Gasteiger partial charge in [-0.05, 0) is 43.7 Å². The third kappa shape index (κ3) is 4.12. The molecule has 1 aromatic carbocycles. The average Bonchev–Trinajstić information content (AvgIpc) is 3.01. The lowest BCUT2D eigenvalue weighted by atomic mass is 10.1. The molecule has 1 aromatic heterocycles. The van der Waals surface area contributed by atoms with E-state index in [1.54, 1.807) is 12.3 Å². The van der Waals surface area contributed by atoms with Crippen LogP contribution in [-0.4, -0.2) is 25.3 Å². The van der Waals surface area contributed by atoms with Crippen molar-refractivity contribution >= 4 is 5.69 Å². The van der Waals surface area contributed by atoms with Gasteiger partial charge < -0.3 is 19.4 Å². The van der Waals surface area contributed by atoms with Crippen LogP contribution in [0.4, 0.5) is 10.1 Å². The Bertz CT molecular complexity index is 620. The first kappa shape index (κ1) is 16.0. The maximum atomic E-state index is 14.2. The van der Waals surface area contributed by atoms with E-state index in [2.05, 4.69) is 10.2 Å². The Morgan fingerprint density at radius 3 is 2.65 bits per heavy atom. The zero-order chi connectivity index (χ0) is 16.2. The van der Waals surface area contributed by atoms with Crippen LogP contribution in [0.25, 0.3) is 0 Å². The van der Waals surface area contributed by atoms with Crippen LogP contribution in [0.5, 0.6) is 0 Å². The van der Waals surface area contributed by atoms with Crippen molar-refractivity contribution in [2.45, 2.75) is 39.1 Å². The maximum Gasteiger partial charge on any atom is 0.146 e. The van der Waals surface area contributed by atoms with Crippen molar-refractivity contribution in [1.29, 1.82) is 0 Å². The summed E-state index contributed by atoms with van der Waals surface area (Å²) in [7, 11) is 0. The van der Waals surface area contributed by atoms with Gasteiger partial charge in [0.25, 0.3) is 0 Å². The molecule has 1 saturated heterocycles. The maximum absolute atomic E-state index is 14.2. The van der Waals surface area contributed by atoms with Crippen LogP contribution in [0.3, 0.4) is 0 Å². The van der Waals surface area contributed by atoms with Crippen molar-refractivity contribution in [1.82, 2.24) is 5.32 Å². The number of ether oxygens (including phenoxy) is 1. The van der Waals surface area contributed by atoms with Gasteiger partial charge in [-0.2, -0.15) is 0 Å². The summed E-state index contributed by atoms with van der Waals surface area (Å²) in [5.41, 5.74) is 1.71. The largest absolute Gasteiger partial charge is 0.468 e. The molecule has 124 valence electrons. The lowest BCUT2D eigenvalue weighted by Gasteiger charge is -2.37. The molecule has 5 heteroatoms. The molecule has 2 aromatic rings. The van der Waals surface area contributed by atoms with E-state index >= 15 is 0 Å². The van der Waals surface area contributed by atoms with Crippen molar-refractivity contribution in [3.05, 3.63) is 53.7 Å². The summed E-state index contributed by atoms with van der Waals surface area (Å²) >= 11 is 0. The number of furan rings is 1. The normalized spacial score (nSPS) is 21.6. The minimum absolute atomic E-state index is 0.110. The molecule has 0 saturated carbocycles. The van der Waals surface area contributed by atoms with Crippen LogP contribution in [0.15, 0.2) is 41.0 Å². The van der Waals surface area contributed by atoms with Crippen LogP contribution >= 0.6 is 0 Å². The fourth-order valence-electron chi connectivity index (χ4n) is 3.03. The lowest BCUT2D eigenvalue weighted by Crippen LogP contribution is -2.45. The van der Waals surface area contributed by atoms with Gasteiger partial charge in [-0.15, -0.1) is 0 Å². The number of anilines is 1. The summed E-state index contributed by atoms with van der Waals surface area (Å²) in [6.45, 7) is 6.80. The Labute approximate surface area is 136 Å². The van der Waals surface area contributed by atoms with Crippen LogP contribution in [0, 0.1) is 5.82 Å². The summed E-state index contributed by atoms with van der Waals surface area (Å²) in [5, 5.41) is 3.31. The minimum atomic E-state index is -0.180. The molecule has 2 unspecified atom stereocenters. The first-order valence-electron chi connectivity index (χ1n) is 8.04. The number of hydrogen-bond donors (Lipinski definition) is 1. The molecule has 1 fully saturated rings. The van der Waals surface area contributed by atoms with Crippen molar-refractivity contribution in [3.8, 4) is 0 Å². The Hall–Kier alpha value is -1.85. The van der Waals surface area contributed by atoms with Gasteiger partial charge in [0, 0.05) is 19.6 Å². The SMILES string of the molecule is CC1CN(c2cc(CNCc3ccco3)ccc2F)CC(C)O1. The van der Waals surface area contributed by atoms with E-state index < -0.39 is 0 Å². The number of benzene rings is 1. The fraction of sp³-hybridized carbons (Fsp3) is 0.444. The smallest absolute Gasteiger partial charge is 0.146 e. The summed E-state index contributed by atoms with van der Waals surface area (Å²) in [6.07, 6.45) is 1.88. The van der Waals surface area contributed by atoms with Crippen molar-refractivity contribution in [2.24, 2.45) is 0 Å². The predicted octanol–water partition coefficient (Wildman–Crippen LogP) is 3.32. The molecule has 0 aliphatic carbocycles. The third-order valence-electron chi connectivity index (χ3n) is 3.98. The molecular formula is C18H23FN2O2. The molecule has 23 heavy (non-hydrogen) atoms. The Balaban J connectivity index is 1.66. The van der Waals surface area contributed by atoms with E-state index in [1.807, 2.05) is 38.1 Å². The summed E-state index contributed by atoms with van der Waals surface area (Å²) in [6, 6.07) is 9.09. The highest BCUT2D eigenvalue weighted by molar-refractivity contribution is 5.50. The van der Waals surface area contributed by atoms with Crippen LogP contribution < -0.4 is 10.2 Å². The van der Waals surface area contributed by atoms with E-state index in [0.29, 0.717) is 31.9 Å². The monoisotopic (exact) mass is 318 g/mol. The number of hydrogen-bond acceptors (Lipinski definition) is 4. The summed E-state index contributed by atoms with van der Waals surface area (Å²) in [4.78, 5) is 2.07. The van der Waals surface area contributed by atoms with E-state index in [9.17, 15) is 4.39 Å². The number of rotatable bonds is 5. The Morgan fingerprint density at radius 2 is 1.96 bits per heavy atom. The second kappa shape index (κ2) is 7.15.